The van der Waals surface area contributed by atoms with Gasteiger partial charge >= 0.3 is 5.97 Å². The molecule has 0 bridgehead atoms. The first-order valence-corrected chi connectivity index (χ1v) is 7.37. The van der Waals surface area contributed by atoms with Gasteiger partial charge in [-0.05, 0) is 36.6 Å². The largest absolute Gasteiger partial charge is 0.480 e. The molecule has 1 aromatic carbocycles. The highest BCUT2D eigenvalue weighted by Gasteiger charge is 2.16. The number of hydrogen-bond donors (Lipinski definition) is 1. The first-order chi connectivity index (χ1) is 10.6. The van der Waals surface area contributed by atoms with Crippen molar-refractivity contribution in [2.45, 2.75) is 13.3 Å². The van der Waals surface area contributed by atoms with Crippen LogP contribution < -0.4 is 0 Å². The van der Waals surface area contributed by atoms with E-state index in [0.717, 1.165) is 24.2 Å². The van der Waals surface area contributed by atoms with Crippen LogP contribution in [0.1, 0.15) is 17.5 Å². The molecular formula is C17H19N3O2. The highest BCUT2D eigenvalue weighted by Crippen LogP contribution is 2.23. The Balaban J connectivity index is 1.75. The molecule has 1 N–H and O–H groups in total. The SMILES string of the molecule is Cc1cccc(-n2cc(C3=CCN(CC(=O)O)CC3)cn2)c1. The second kappa shape index (κ2) is 6.15. The fraction of sp³-hybridized carbons (Fsp3) is 0.294. The fourth-order valence-corrected chi connectivity index (χ4v) is 2.71. The Morgan fingerprint density at radius 2 is 2.27 bits per heavy atom. The number of hydrogen-bond acceptors (Lipinski definition) is 3. The van der Waals surface area contributed by atoms with Gasteiger partial charge in [-0.1, -0.05) is 18.2 Å². The number of carbonyl (C=O) groups is 1. The van der Waals surface area contributed by atoms with Gasteiger partial charge < -0.3 is 5.11 Å². The minimum atomic E-state index is -0.774. The van der Waals surface area contributed by atoms with Crippen LogP contribution in [0.5, 0.6) is 0 Å². The lowest BCUT2D eigenvalue weighted by molar-refractivity contribution is -0.138. The van der Waals surface area contributed by atoms with E-state index in [-0.39, 0.29) is 6.54 Å². The van der Waals surface area contributed by atoms with Crippen LogP contribution in [0.4, 0.5) is 0 Å². The third-order valence-corrected chi connectivity index (χ3v) is 3.87. The smallest absolute Gasteiger partial charge is 0.317 e. The molecule has 0 atom stereocenters. The van der Waals surface area contributed by atoms with Crippen LogP contribution in [0.15, 0.2) is 42.7 Å². The standard InChI is InChI=1S/C17H19N3O2/c1-13-3-2-4-16(9-13)20-11-15(10-18-20)14-5-7-19(8-6-14)12-17(21)22/h2-5,9-11H,6-8,12H2,1H3,(H,21,22). The molecule has 0 aliphatic carbocycles. The van der Waals surface area contributed by atoms with Crippen molar-refractivity contribution < 1.29 is 9.90 Å². The van der Waals surface area contributed by atoms with Crippen LogP contribution in [0.25, 0.3) is 11.3 Å². The van der Waals surface area contributed by atoms with E-state index < -0.39 is 5.97 Å². The van der Waals surface area contributed by atoms with Gasteiger partial charge in [0.25, 0.3) is 0 Å². The summed E-state index contributed by atoms with van der Waals surface area (Å²) in [6.45, 7) is 3.62. The maximum Gasteiger partial charge on any atom is 0.317 e. The maximum absolute atomic E-state index is 10.7. The van der Waals surface area contributed by atoms with Crippen molar-refractivity contribution in [1.29, 1.82) is 0 Å². The Hall–Kier alpha value is -2.40. The van der Waals surface area contributed by atoms with Crippen molar-refractivity contribution in [3.05, 3.63) is 53.9 Å². The lowest BCUT2D eigenvalue weighted by Gasteiger charge is -2.24. The highest BCUT2D eigenvalue weighted by atomic mass is 16.4. The Morgan fingerprint density at radius 3 is 2.95 bits per heavy atom. The van der Waals surface area contributed by atoms with Gasteiger partial charge in [-0.3, -0.25) is 9.69 Å². The van der Waals surface area contributed by atoms with Gasteiger partial charge in [0.05, 0.1) is 18.4 Å². The molecule has 1 aliphatic heterocycles. The second-order valence-corrected chi connectivity index (χ2v) is 5.62. The summed E-state index contributed by atoms with van der Waals surface area (Å²) < 4.78 is 1.88. The van der Waals surface area contributed by atoms with Gasteiger partial charge in [0, 0.05) is 24.8 Å². The van der Waals surface area contributed by atoms with Gasteiger partial charge in [0.15, 0.2) is 0 Å². The molecule has 114 valence electrons. The van der Waals surface area contributed by atoms with E-state index in [1.165, 1.54) is 11.1 Å². The third-order valence-electron chi connectivity index (χ3n) is 3.87. The summed E-state index contributed by atoms with van der Waals surface area (Å²) in [5.41, 5.74) is 4.60. The zero-order valence-electron chi connectivity index (χ0n) is 12.6. The average Bonchev–Trinajstić information content (AvgIpc) is 2.97. The number of rotatable bonds is 4. The molecule has 0 radical (unpaired) electrons. The molecule has 1 aromatic heterocycles. The summed E-state index contributed by atoms with van der Waals surface area (Å²) in [4.78, 5) is 12.7. The second-order valence-electron chi connectivity index (χ2n) is 5.62. The number of aromatic nitrogens is 2. The zero-order chi connectivity index (χ0) is 15.5. The molecule has 2 heterocycles. The van der Waals surface area contributed by atoms with Crippen molar-refractivity contribution in [3.8, 4) is 5.69 Å². The topological polar surface area (TPSA) is 58.4 Å². The summed E-state index contributed by atoms with van der Waals surface area (Å²) in [6, 6.07) is 8.22. The van der Waals surface area contributed by atoms with E-state index in [9.17, 15) is 4.79 Å². The summed E-state index contributed by atoms with van der Waals surface area (Å²) >= 11 is 0. The van der Waals surface area contributed by atoms with Crippen LogP contribution in [0.3, 0.4) is 0 Å². The maximum atomic E-state index is 10.7. The van der Waals surface area contributed by atoms with Crippen LogP contribution in [0.2, 0.25) is 0 Å². The lowest BCUT2D eigenvalue weighted by Crippen LogP contribution is -2.33. The molecule has 22 heavy (non-hydrogen) atoms. The summed E-state index contributed by atoms with van der Waals surface area (Å²) in [6.07, 6.45) is 6.87. The van der Waals surface area contributed by atoms with E-state index in [1.807, 2.05) is 34.1 Å². The van der Waals surface area contributed by atoms with E-state index in [2.05, 4.69) is 30.2 Å². The summed E-state index contributed by atoms with van der Waals surface area (Å²) in [5.74, 6) is -0.774. The van der Waals surface area contributed by atoms with E-state index >= 15 is 0 Å². The Kier molecular flexibility index (Phi) is 4.06. The molecule has 2 aromatic rings. The summed E-state index contributed by atoms with van der Waals surface area (Å²) in [7, 11) is 0. The molecule has 0 spiro atoms. The molecule has 0 unspecified atom stereocenters. The van der Waals surface area contributed by atoms with Crippen molar-refractivity contribution in [3.63, 3.8) is 0 Å². The molecule has 3 rings (SSSR count). The third kappa shape index (κ3) is 3.26. The molecule has 1 aliphatic rings. The van der Waals surface area contributed by atoms with Crippen LogP contribution in [-0.2, 0) is 4.79 Å². The molecule has 0 fully saturated rings. The zero-order valence-corrected chi connectivity index (χ0v) is 12.6. The molecule has 5 nitrogen and oxygen atoms in total. The van der Waals surface area contributed by atoms with Crippen molar-refractivity contribution in [2.24, 2.45) is 0 Å². The fourth-order valence-electron chi connectivity index (χ4n) is 2.71. The molecule has 0 amide bonds. The van der Waals surface area contributed by atoms with E-state index in [1.54, 1.807) is 0 Å². The first kappa shape index (κ1) is 14.5. The number of carboxylic acids is 1. The molecule has 0 saturated carbocycles. The number of nitrogens with zero attached hydrogens (tertiary/aromatic N) is 3. The Bertz CT molecular complexity index is 718. The summed E-state index contributed by atoms with van der Waals surface area (Å²) in [5, 5.41) is 13.3. The van der Waals surface area contributed by atoms with Gasteiger partial charge in [0.1, 0.15) is 0 Å². The van der Waals surface area contributed by atoms with Gasteiger partial charge in [-0.2, -0.15) is 5.10 Å². The number of aryl methyl sites for hydroxylation is 1. The van der Waals surface area contributed by atoms with E-state index in [0.29, 0.717) is 6.54 Å². The lowest BCUT2D eigenvalue weighted by atomic mass is 10.0. The van der Waals surface area contributed by atoms with Crippen molar-refractivity contribution in [2.75, 3.05) is 19.6 Å². The number of benzene rings is 1. The van der Waals surface area contributed by atoms with Crippen molar-refractivity contribution in [1.82, 2.24) is 14.7 Å². The van der Waals surface area contributed by atoms with Gasteiger partial charge in [-0.25, -0.2) is 4.68 Å². The normalized spacial score (nSPS) is 15.6. The Labute approximate surface area is 129 Å². The minimum Gasteiger partial charge on any atom is -0.480 e. The average molecular weight is 297 g/mol. The minimum absolute atomic E-state index is 0.104. The predicted molar refractivity (Wildman–Crippen MR) is 85.0 cm³/mol. The molecule has 0 saturated heterocycles. The first-order valence-electron chi connectivity index (χ1n) is 7.37. The molecular weight excluding hydrogens is 278 g/mol. The van der Waals surface area contributed by atoms with Crippen LogP contribution >= 0.6 is 0 Å². The van der Waals surface area contributed by atoms with Crippen LogP contribution in [0, 0.1) is 6.92 Å². The number of aliphatic carboxylic acids is 1. The van der Waals surface area contributed by atoms with Crippen LogP contribution in [-0.4, -0.2) is 45.4 Å². The monoisotopic (exact) mass is 297 g/mol. The highest BCUT2D eigenvalue weighted by molar-refractivity contribution is 5.70. The number of carboxylic acid groups (broad SMARTS) is 1. The predicted octanol–water partition coefficient (Wildman–Crippen LogP) is 2.35. The molecule has 5 heteroatoms. The Morgan fingerprint density at radius 1 is 1.41 bits per heavy atom. The van der Waals surface area contributed by atoms with Gasteiger partial charge in [0.2, 0.25) is 0 Å². The van der Waals surface area contributed by atoms with Gasteiger partial charge in [-0.15, -0.1) is 0 Å². The van der Waals surface area contributed by atoms with E-state index in [4.69, 9.17) is 5.11 Å². The quantitative estimate of drug-likeness (QED) is 0.941. The van der Waals surface area contributed by atoms with Crippen molar-refractivity contribution >= 4 is 11.5 Å².